The van der Waals surface area contributed by atoms with Crippen molar-refractivity contribution in [2.45, 2.75) is 63.3 Å². The Balaban J connectivity index is 1.50. The van der Waals surface area contributed by atoms with Crippen molar-refractivity contribution in [3.63, 3.8) is 0 Å². The molecule has 0 spiro atoms. The molecule has 1 aromatic carbocycles. The van der Waals surface area contributed by atoms with Crippen LogP contribution in [0.15, 0.2) is 54.6 Å². The summed E-state index contributed by atoms with van der Waals surface area (Å²) in [5.41, 5.74) is 1.14. The number of unbranched alkanes of at least 4 members (excludes halogenated alkanes) is 1. The van der Waals surface area contributed by atoms with E-state index in [-0.39, 0.29) is 12.5 Å². The van der Waals surface area contributed by atoms with E-state index in [1.165, 1.54) is 0 Å². The Labute approximate surface area is 161 Å². The zero-order valence-electron chi connectivity index (χ0n) is 15.7. The summed E-state index contributed by atoms with van der Waals surface area (Å²) in [6.07, 6.45) is 14.0. The van der Waals surface area contributed by atoms with Crippen LogP contribution in [-0.2, 0) is 16.0 Å². The number of hydrogen-bond donors (Lipinski definition) is 2. The molecule has 2 aliphatic rings. The second kappa shape index (κ2) is 9.86. The highest BCUT2D eigenvalue weighted by Gasteiger charge is 2.46. The average Bonchev–Trinajstić information content (AvgIpc) is 3.25. The van der Waals surface area contributed by atoms with E-state index in [4.69, 9.17) is 9.84 Å². The van der Waals surface area contributed by atoms with Crippen molar-refractivity contribution < 1.29 is 19.7 Å². The lowest BCUT2D eigenvalue weighted by Crippen LogP contribution is -2.25. The van der Waals surface area contributed by atoms with Gasteiger partial charge in [0.05, 0.1) is 18.3 Å². The Kier molecular flexibility index (Phi) is 7.25. The van der Waals surface area contributed by atoms with Gasteiger partial charge in [0.1, 0.15) is 0 Å². The van der Waals surface area contributed by atoms with E-state index in [0.717, 1.165) is 31.2 Å². The number of allylic oxidation sites excluding steroid dienone is 2. The maximum absolute atomic E-state index is 10.5. The molecule has 146 valence electrons. The van der Waals surface area contributed by atoms with E-state index in [0.29, 0.717) is 30.8 Å². The van der Waals surface area contributed by atoms with Crippen molar-refractivity contribution in [2.75, 3.05) is 0 Å². The van der Waals surface area contributed by atoms with Gasteiger partial charge in [-0.1, -0.05) is 54.6 Å². The van der Waals surface area contributed by atoms with Crippen LogP contribution in [0.5, 0.6) is 0 Å². The number of carboxylic acids is 1. The summed E-state index contributed by atoms with van der Waals surface area (Å²) in [5, 5.41) is 19.0. The van der Waals surface area contributed by atoms with E-state index >= 15 is 0 Å². The largest absolute Gasteiger partial charge is 0.481 e. The number of ether oxygens (including phenoxy) is 1. The van der Waals surface area contributed by atoms with Crippen LogP contribution >= 0.6 is 0 Å². The Morgan fingerprint density at radius 3 is 2.74 bits per heavy atom. The number of aliphatic carboxylic acids is 1. The highest BCUT2D eigenvalue weighted by molar-refractivity contribution is 5.66. The lowest BCUT2D eigenvalue weighted by Gasteiger charge is -2.25. The summed E-state index contributed by atoms with van der Waals surface area (Å²) in [6.45, 7) is 0. The Morgan fingerprint density at radius 1 is 1.19 bits per heavy atom. The number of rotatable bonds is 10. The van der Waals surface area contributed by atoms with Crippen molar-refractivity contribution in [1.29, 1.82) is 0 Å². The maximum atomic E-state index is 10.5. The molecule has 0 amide bonds. The van der Waals surface area contributed by atoms with Crippen molar-refractivity contribution in [3.05, 3.63) is 60.2 Å². The number of fused-ring (bicyclic) bond motifs is 2. The number of carboxylic acid groups (broad SMARTS) is 1. The van der Waals surface area contributed by atoms with E-state index in [2.05, 4.69) is 18.2 Å². The minimum absolute atomic E-state index is 0.228. The summed E-state index contributed by atoms with van der Waals surface area (Å²) in [7, 11) is 0. The molecule has 0 saturated carbocycles. The van der Waals surface area contributed by atoms with Gasteiger partial charge in [0.15, 0.2) is 0 Å². The summed E-state index contributed by atoms with van der Waals surface area (Å²) in [5.74, 6) is 0.0849. The first-order chi connectivity index (χ1) is 13.1. The third kappa shape index (κ3) is 5.78. The molecule has 0 aliphatic carbocycles. The molecule has 2 fully saturated rings. The normalized spacial score (nSPS) is 28.3. The number of aliphatic hydroxyl groups is 1. The van der Waals surface area contributed by atoms with Crippen LogP contribution in [-0.4, -0.2) is 34.5 Å². The van der Waals surface area contributed by atoms with Gasteiger partial charge in [0, 0.05) is 18.8 Å². The second-order valence-electron chi connectivity index (χ2n) is 7.67. The van der Waals surface area contributed by atoms with Crippen molar-refractivity contribution >= 4 is 5.97 Å². The Bertz CT molecular complexity index is 652. The lowest BCUT2D eigenvalue weighted by atomic mass is 9.77. The molecule has 2 aliphatic heterocycles. The van der Waals surface area contributed by atoms with Crippen LogP contribution in [0.2, 0.25) is 0 Å². The minimum Gasteiger partial charge on any atom is -0.481 e. The number of aliphatic hydroxyl groups excluding tert-OH is 1. The maximum Gasteiger partial charge on any atom is 0.303 e. The van der Waals surface area contributed by atoms with Crippen LogP contribution in [0, 0.1) is 11.8 Å². The molecule has 1 unspecified atom stereocenters. The minimum atomic E-state index is -0.732. The lowest BCUT2D eigenvalue weighted by molar-refractivity contribution is -0.137. The number of carbonyl (C=O) groups is 1. The highest BCUT2D eigenvalue weighted by Crippen LogP contribution is 2.45. The van der Waals surface area contributed by atoms with Gasteiger partial charge < -0.3 is 14.9 Å². The highest BCUT2D eigenvalue weighted by atomic mass is 16.5. The molecule has 5 atom stereocenters. The Morgan fingerprint density at radius 2 is 1.96 bits per heavy atom. The van der Waals surface area contributed by atoms with E-state index in [1.54, 1.807) is 0 Å². The SMILES string of the molecule is O=C(O)CCCC=CC[C@@H]1[C@H](C=CC(O)Cc2ccccc2)[C@@H]2CC[C@H]1O2. The quantitative estimate of drug-likeness (QED) is 0.480. The van der Waals surface area contributed by atoms with Crippen LogP contribution in [0.4, 0.5) is 0 Å². The third-order valence-corrected chi connectivity index (χ3v) is 5.67. The summed E-state index contributed by atoms with van der Waals surface area (Å²) >= 11 is 0. The van der Waals surface area contributed by atoms with E-state index < -0.39 is 12.1 Å². The summed E-state index contributed by atoms with van der Waals surface area (Å²) in [4.78, 5) is 10.5. The molecule has 0 aromatic heterocycles. The van der Waals surface area contributed by atoms with Gasteiger partial charge in [0.25, 0.3) is 0 Å². The van der Waals surface area contributed by atoms with Crippen LogP contribution in [0.25, 0.3) is 0 Å². The number of hydrogen-bond acceptors (Lipinski definition) is 3. The van der Waals surface area contributed by atoms with Gasteiger partial charge in [0.2, 0.25) is 0 Å². The molecule has 4 nitrogen and oxygen atoms in total. The fraction of sp³-hybridized carbons (Fsp3) is 0.522. The average molecular weight is 370 g/mol. The van der Waals surface area contributed by atoms with Crippen molar-refractivity contribution in [3.8, 4) is 0 Å². The van der Waals surface area contributed by atoms with E-state index in [9.17, 15) is 9.90 Å². The first kappa shape index (κ1) is 19.8. The van der Waals surface area contributed by atoms with Crippen LogP contribution in [0.1, 0.15) is 44.1 Å². The predicted octanol–water partition coefficient (Wildman–Crippen LogP) is 4.14. The molecule has 2 N–H and O–H groups in total. The monoisotopic (exact) mass is 370 g/mol. The van der Waals surface area contributed by atoms with Crippen molar-refractivity contribution in [2.24, 2.45) is 11.8 Å². The summed E-state index contributed by atoms with van der Waals surface area (Å²) < 4.78 is 6.11. The van der Waals surface area contributed by atoms with Gasteiger partial charge >= 0.3 is 5.97 Å². The molecule has 3 rings (SSSR count). The van der Waals surface area contributed by atoms with Crippen LogP contribution < -0.4 is 0 Å². The number of benzene rings is 1. The third-order valence-electron chi connectivity index (χ3n) is 5.67. The van der Waals surface area contributed by atoms with Gasteiger partial charge in [-0.15, -0.1) is 0 Å². The molecule has 27 heavy (non-hydrogen) atoms. The Hall–Kier alpha value is -1.91. The fourth-order valence-corrected chi connectivity index (χ4v) is 4.31. The van der Waals surface area contributed by atoms with Gasteiger partial charge in [-0.3, -0.25) is 4.79 Å². The molecular formula is C23H30O4. The van der Waals surface area contributed by atoms with E-state index in [1.807, 2.05) is 36.4 Å². The first-order valence-corrected chi connectivity index (χ1v) is 10.1. The first-order valence-electron chi connectivity index (χ1n) is 10.1. The van der Waals surface area contributed by atoms with Gasteiger partial charge in [-0.25, -0.2) is 0 Å². The molecule has 0 radical (unpaired) electrons. The molecule has 2 saturated heterocycles. The molecule has 2 heterocycles. The summed E-state index contributed by atoms with van der Waals surface area (Å²) in [6, 6.07) is 10.0. The topological polar surface area (TPSA) is 66.8 Å². The zero-order valence-corrected chi connectivity index (χ0v) is 15.7. The molecule has 4 heteroatoms. The fourth-order valence-electron chi connectivity index (χ4n) is 4.31. The standard InChI is InChI=1S/C23H30O4/c24-18(16-17-8-4-3-5-9-17)12-13-20-19(21-14-15-22(20)27-21)10-6-1-2-7-11-23(25)26/h1,3-6,8-9,12-13,18-22,24H,2,7,10-11,14-16H2,(H,25,26)/t18?,19-,20+,21-,22+/m1/s1. The van der Waals surface area contributed by atoms with Crippen LogP contribution in [0.3, 0.4) is 0 Å². The molecule has 1 aromatic rings. The van der Waals surface area contributed by atoms with Gasteiger partial charge in [-0.2, -0.15) is 0 Å². The molecular weight excluding hydrogens is 340 g/mol. The zero-order chi connectivity index (χ0) is 19.1. The predicted molar refractivity (Wildman–Crippen MR) is 105 cm³/mol. The smallest absolute Gasteiger partial charge is 0.303 e. The van der Waals surface area contributed by atoms with Crippen molar-refractivity contribution in [1.82, 2.24) is 0 Å². The molecule has 2 bridgehead atoms. The van der Waals surface area contributed by atoms with Gasteiger partial charge in [-0.05, 0) is 43.6 Å². The second-order valence-corrected chi connectivity index (χ2v) is 7.67.